The van der Waals surface area contributed by atoms with Crippen LogP contribution in [-0.2, 0) is 0 Å². The second-order valence-corrected chi connectivity index (χ2v) is 0.498. The fraction of sp³-hybridized carbons (Fsp3) is 0.333. The zero-order chi connectivity index (χ0) is 4.12. The maximum absolute atomic E-state index is 3.36. The molecule has 0 fully saturated rings. The summed E-state index contributed by atoms with van der Waals surface area (Å²) in [5, 5.41) is 6.72. The standard InChI is InChI=1S/C3H6N2/c1-3-5-4-2/h3H,1H2,2H3/b5-4-. The van der Waals surface area contributed by atoms with Crippen molar-refractivity contribution in [2.45, 2.75) is 0 Å². The molecule has 0 saturated heterocycles. The summed E-state index contributed by atoms with van der Waals surface area (Å²) >= 11 is 0. The Morgan fingerprint density at radius 2 is 2.40 bits per heavy atom. The lowest BCUT2D eigenvalue weighted by molar-refractivity contribution is 1.17. The number of nitrogens with zero attached hydrogens (tertiary/aromatic N) is 2. The highest BCUT2D eigenvalue weighted by molar-refractivity contribution is 4.55. The summed E-state index contributed by atoms with van der Waals surface area (Å²) in [4.78, 5) is 0. The van der Waals surface area contributed by atoms with Gasteiger partial charge in [0.2, 0.25) is 0 Å². The van der Waals surface area contributed by atoms with Crippen LogP contribution >= 0.6 is 0 Å². The second-order valence-electron chi connectivity index (χ2n) is 0.498. The third-order valence-electron chi connectivity index (χ3n) is 0.197. The van der Waals surface area contributed by atoms with Gasteiger partial charge in [0, 0.05) is 13.2 Å². The number of hydrogen-bond acceptors (Lipinski definition) is 2. The predicted molar refractivity (Wildman–Crippen MR) is 21.0 cm³/mol. The van der Waals surface area contributed by atoms with Crippen molar-refractivity contribution in [2.24, 2.45) is 10.2 Å². The van der Waals surface area contributed by atoms with Gasteiger partial charge in [-0.1, -0.05) is 6.58 Å². The van der Waals surface area contributed by atoms with E-state index in [0.717, 1.165) is 0 Å². The van der Waals surface area contributed by atoms with Crippen LogP contribution in [0.1, 0.15) is 0 Å². The number of hydrogen-bond donors (Lipinski definition) is 0. The first kappa shape index (κ1) is 4.34. The molecule has 0 amide bonds. The predicted octanol–water partition coefficient (Wildman–Crippen LogP) is 1.21. The van der Waals surface area contributed by atoms with Crippen molar-refractivity contribution in [1.82, 2.24) is 0 Å². The Morgan fingerprint density at radius 1 is 1.80 bits per heavy atom. The molecule has 0 aromatic carbocycles. The van der Waals surface area contributed by atoms with E-state index in [-0.39, 0.29) is 0 Å². The number of rotatable bonds is 1. The van der Waals surface area contributed by atoms with Crippen molar-refractivity contribution in [3.63, 3.8) is 0 Å². The van der Waals surface area contributed by atoms with Crippen molar-refractivity contribution in [1.29, 1.82) is 0 Å². The summed E-state index contributed by atoms with van der Waals surface area (Å²) in [5.74, 6) is 0. The van der Waals surface area contributed by atoms with Crippen molar-refractivity contribution < 1.29 is 0 Å². The van der Waals surface area contributed by atoms with Crippen LogP contribution in [-0.4, -0.2) is 7.05 Å². The normalized spacial score (nSPS) is 9.00. The Balaban J connectivity index is 2.92. The molecule has 0 aliphatic heterocycles. The average Bonchev–Trinajstić information content (AvgIpc) is 1.41. The summed E-state index contributed by atoms with van der Waals surface area (Å²) in [7, 11) is 1.60. The molecule has 0 aromatic heterocycles. The Kier molecular flexibility index (Phi) is 2.90. The fourth-order valence-corrected chi connectivity index (χ4v) is 0.0816. The lowest BCUT2D eigenvalue weighted by Gasteiger charge is -1.58. The molecule has 0 atom stereocenters. The van der Waals surface area contributed by atoms with E-state index in [1.54, 1.807) is 7.05 Å². The third kappa shape index (κ3) is 3.34. The molecule has 0 rings (SSSR count). The van der Waals surface area contributed by atoms with Crippen molar-refractivity contribution in [2.75, 3.05) is 7.05 Å². The van der Waals surface area contributed by atoms with E-state index in [2.05, 4.69) is 16.8 Å². The highest BCUT2D eigenvalue weighted by Crippen LogP contribution is 1.63. The van der Waals surface area contributed by atoms with Crippen LogP contribution in [0.2, 0.25) is 0 Å². The van der Waals surface area contributed by atoms with Gasteiger partial charge in [0.05, 0.1) is 0 Å². The lowest BCUT2D eigenvalue weighted by Crippen LogP contribution is -1.37. The SMILES string of the molecule is C=C/N=N\C. The van der Waals surface area contributed by atoms with Crippen LogP contribution in [0.5, 0.6) is 0 Å². The van der Waals surface area contributed by atoms with Gasteiger partial charge in [0.1, 0.15) is 0 Å². The van der Waals surface area contributed by atoms with Crippen molar-refractivity contribution >= 4 is 0 Å². The van der Waals surface area contributed by atoms with Gasteiger partial charge in [-0.2, -0.15) is 10.2 Å². The smallest absolute Gasteiger partial charge is 0.0491 e. The van der Waals surface area contributed by atoms with Gasteiger partial charge in [0.15, 0.2) is 0 Å². The van der Waals surface area contributed by atoms with E-state index in [4.69, 9.17) is 0 Å². The van der Waals surface area contributed by atoms with Crippen LogP contribution in [0.4, 0.5) is 0 Å². The van der Waals surface area contributed by atoms with Crippen LogP contribution in [0.3, 0.4) is 0 Å². The van der Waals surface area contributed by atoms with E-state index in [9.17, 15) is 0 Å². The van der Waals surface area contributed by atoms with Gasteiger partial charge in [-0.05, 0) is 0 Å². The highest BCUT2D eigenvalue weighted by atomic mass is 15.1. The topological polar surface area (TPSA) is 24.7 Å². The molecule has 0 heterocycles. The first-order valence-corrected chi connectivity index (χ1v) is 1.31. The molecule has 2 nitrogen and oxygen atoms in total. The monoisotopic (exact) mass is 70.1 g/mol. The fourth-order valence-electron chi connectivity index (χ4n) is 0.0816. The molecule has 0 aliphatic rings. The molecule has 0 saturated carbocycles. The van der Waals surface area contributed by atoms with Gasteiger partial charge in [-0.15, -0.1) is 0 Å². The van der Waals surface area contributed by atoms with E-state index in [0.29, 0.717) is 0 Å². The molecular weight excluding hydrogens is 64.0 g/mol. The lowest BCUT2D eigenvalue weighted by atomic mass is 11.1. The molecule has 0 spiro atoms. The first-order chi connectivity index (χ1) is 2.41. The average molecular weight is 70.1 g/mol. The van der Waals surface area contributed by atoms with Crippen LogP contribution in [0, 0.1) is 0 Å². The zero-order valence-corrected chi connectivity index (χ0v) is 3.18. The summed E-state index contributed by atoms with van der Waals surface area (Å²) in [6.45, 7) is 3.29. The van der Waals surface area contributed by atoms with E-state index in [1.165, 1.54) is 6.20 Å². The van der Waals surface area contributed by atoms with Crippen molar-refractivity contribution in [3.8, 4) is 0 Å². The number of azo groups is 1. The van der Waals surface area contributed by atoms with E-state index in [1.807, 2.05) is 0 Å². The summed E-state index contributed by atoms with van der Waals surface area (Å²) < 4.78 is 0. The summed E-state index contributed by atoms with van der Waals surface area (Å²) in [5.41, 5.74) is 0. The molecular formula is C3H6N2. The Morgan fingerprint density at radius 3 is 2.40 bits per heavy atom. The van der Waals surface area contributed by atoms with Gasteiger partial charge in [-0.3, -0.25) is 0 Å². The molecule has 0 aromatic rings. The van der Waals surface area contributed by atoms with Gasteiger partial charge in [-0.25, -0.2) is 0 Å². The quantitative estimate of drug-likeness (QED) is 0.414. The Bertz CT molecular complexity index is 46.9. The molecule has 0 unspecified atom stereocenters. The largest absolute Gasteiger partial charge is 0.193 e. The van der Waals surface area contributed by atoms with Gasteiger partial charge >= 0.3 is 0 Å². The second kappa shape index (κ2) is 3.34. The van der Waals surface area contributed by atoms with Gasteiger partial charge in [0.25, 0.3) is 0 Å². The van der Waals surface area contributed by atoms with Crippen molar-refractivity contribution in [3.05, 3.63) is 12.8 Å². The summed E-state index contributed by atoms with van der Waals surface area (Å²) in [6, 6.07) is 0. The zero-order valence-electron chi connectivity index (χ0n) is 3.18. The highest BCUT2D eigenvalue weighted by Gasteiger charge is 1.40. The molecule has 5 heavy (non-hydrogen) atoms. The van der Waals surface area contributed by atoms with E-state index >= 15 is 0 Å². The molecule has 28 valence electrons. The first-order valence-electron chi connectivity index (χ1n) is 1.31. The Labute approximate surface area is 31.2 Å². The maximum atomic E-state index is 3.36. The van der Waals surface area contributed by atoms with E-state index < -0.39 is 0 Å². The van der Waals surface area contributed by atoms with Crippen LogP contribution in [0.25, 0.3) is 0 Å². The third-order valence-corrected chi connectivity index (χ3v) is 0.197. The molecule has 2 heteroatoms. The molecule has 0 radical (unpaired) electrons. The van der Waals surface area contributed by atoms with Crippen LogP contribution in [0.15, 0.2) is 23.0 Å². The molecule has 0 bridgehead atoms. The molecule has 0 N–H and O–H groups in total. The Hall–Kier alpha value is -0.660. The maximum Gasteiger partial charge on any atom is 0.0491 e. The van der Waals surface area contributed by atoms with Crippen LogP contribution < -0.4 is 0 Å². The minimum atomic E-state index is 1.39. The minimum absolute atomic E-state index is 1.39. The minimum Gasteiger partial charge on any atom is -0.193 e. The molecule has 0 aliphatic carbocycles. The van der Waals surface area contributed by atoms with Gasteiger partial charge < -0.3 is 0 Å². The summed E-state index contributed by atoms with van der Waals surface area (Å²) in [6.07, 6.45) is 1.39.